The van der Waals surface area contributed by atoms with Gasteiger partial charge in [-0.05, 0) is 32.0 Å². The van der Waals surface area contributed by atoms with Gasteiger partial charge < -0.3 is 16.2 Å². The first-order valence-electron chi connectivity index (χ1n) is 4.85. The Morgan fingerprint density at radius 2 is 2.00 bits per heavy atom. The van der Waals surface area contributed by atoms with Gasteiger partial charge >= 0.3 is 5.97 Å². The molecule has 0 fully saturated rings. The fourth-order valence-corrected chi connectivity index (χ4v) is 1.48. The summed E-state index contributed by atoms with van der Waals surface area (Å²) in [4.78, 5) is 21.9. The zero-order chi connectivity index (χ0) is 13.2. The Morgan fingerprint density at radius 1 is 1.41 bits per heavy atom. The molecule has 0 aliphatic carbocycles. The predicted molar refractivity (Wildman–Crippen MR) is 65.3 cm³/mol. The molecule has 0 radical (unpaired) electrons. The van der Waals surface area contributed by atoms with E-state index in [0.29, 0.717) is 5.69 Å². The summed E-state index contributed by atoms with van der Waals surface area (Å²) in [6.07, 6.45) is 0. The van der Waals surface area contributed by atoms with E-state index in [1.54, 1.807) is 6.07 Å². The zero-order valence-electron chi connectivity index (χ0n) is 9.45. The number of amides is 1. The normalized spacial score (nSPS) is 11.0. The average Bonchev–Trinajstić information content (AvgIpc) is 2.15. The Kier molecular flexibility index (Phi) is 3.63. The van der Waals surface area contributed by atoms with Crippen molar-refractivity contribution in [3.8, 4) is 0 Å². The molecule has 1 rings (SSSR count). The molecule has 0 aliphatic rings. The first-order chi connectivity index (χ1) is 7.74. The number of hydrogen-bond donors (Lipinski definition) is 3. The Labute approximate surface area is 104 Å². The molecular formula is C11H13ClN2O3. The van der Waals surface area contributed by atoms with Crippen LogP contribution in [0.1, 0.15) is 24.2 Å². The van der Waals surface area contributed by atoms with Gasteiger partial charge in [0, 0.05) is 5.69 Å². The number of carboxylic acids is 1. The van der Waals surface area contributed by atoms with E-state index in [1.807, 2.05) is 0 Å². The molecule has 17 heavy (non-hydrogen) atoms. The van der Waals surface area contributed by atoms with Gasteiger partial charge in [-0.1, -0.05) is 11.6 Å². The number of anilines is 1. The van der Waals surface area contributed by atoms with Gasteiger partial charge in [-0.3, -0.25) is 4.79 Å². The second-order valence-electron chi connectivity index (χ2n) is 4.11. The second kappa shape index (κ2) is 4.63. The third-order valence-corrected chi connectivity index (χ3v) is 2.54. The lowest BCUT2D eigenvalue weighted by atomic mass is 10.1. The van der Waals surface area contributed by atoms with Crippen LogP contribution in [0, 0.1) is 0 Å². The van der Waals surface area contributed by atoms with Crippen molar-refractivity contribution in [1.29, 1.82) is 0 Å². The van der Waals surface area contributed by atoms with Crippen molar-refractivity contribution in [2.24, 2.45) is 5.73 Å². The molecular weight excluding hydrogens is 244 g/mol. The van der Waals surface area contributed by atoms with Crippen molar-refractivity contribution in [1.82, 2.24) is 0 Å². The van der Waals surface area contributed by atoms with Gasteiger partial charge in [0.15, 0.2) is 0 Å². The molecule has 0 aromatic heterocycles. The minimum atomic E-state index is -1.13. The van der Waals surface area contributed by atoms with Crippen LogP contribution in [0.15, 0.2) is 18.2 Å². The Balaban J connectivity index is 2.99. The van der Waals surface area contributed by atoms with Crippen LogP contribution in [0.2, 0.25) is 5.02 Å². The van der Waals surface area contributed by atoms with Crippen LogP contribution in [-0.2, 0) is 4.79 Å². The molecule has 0 spiro atoms. The largest absolute Gasteiger partial charge is 0.480 e. The Morgan fingerprint density at radius 3 is 2.41 bits per heavy atom. The van der Waals surface area contributed by atoms with Gasteiger partial charge in [-0.2, -0.15) is 0 Å². The first kappa shape index (κ1) is 13.3. The predicted octanol–water partition coefficient (Wildman–Crippen LogP) is 1.71. The fourth-order valence-electron chi connectivity index (χ4n) is 1.21. The van der Waals surface area contributed by atoms with E-state index in [1.165, 1.54) is 26.0 Å². The summed E-state index contributed by atoms with van der Waals surface area (Å²) < 4.78 is 0. The maximum Gasteiger partial charge on any atom is 0.328 e. The number of carboxylic acid groups (broad SMARTS) is 1. The number of benzene rings is 1. The summed E-state index contributed by atoms with van der Waals surface area (Å²) in [7, 11) is 0. The molecule has 0 heterocycles. The lowest BCUT2D eigenvalue weighted by molar-refractivity contribution is -0.141. The van der Waals surface area contributed by atoms with E-state index >= 15 is 0 Å². The minimum absolute atomic E-state index is 0.184. The molecule has 1 aromatic rings. The number of carbonyl (C=O) groups is 2. The molecule has 0 bridgehead atoms. The highest BCUT2D eigenvalue weighted by Gasteiger charge is 2.26. The number of rotatable bonds is 4. The van der Waals surface area contributed by atoms with Crippen LogP contribution in [-0.4, -0.2) is 22.5 Å². The fraction of sp³-hybridized carbons (Fsp3) is 0.273. The minimum Gasteiger partial charge on any atom is -0.480 e. The zero-order valence-corrected chi connectivity index (χ0v) is 10.2. The van der Waals surface area contributed by atoms with Crippen molar-refractivity contribution < 1.29 is 14.7 Å². The number of carbonyl (C=O) groups excluding carboxylic acids is 1. The summed E-state index contributed by atoms with van der Waals surface area (Å²) >= 11 is 5.84. The number of halogens is 1. The molecule has 0 aliphatic heterocycles. The van der Waals surface area contributed by atoms with Crippen LogP contribution < -0.4 is 11.1 Å². The van der Waals surface area contributed by atoms with Crippen molar-refractivity contribution in [2.75, 3.05) is 5.32 Å². The Hall–Kier alpha value is -1.75. The number of aliphatic carboxylic acids is 1. The van der Waals surface area contributed by atoms with E-state index in [2.05, 4.69) is 5.32 Å². The number of nitrogens with two attached hydrogens (primary N) is 1. The van der Waals surface area contributed by atoms with Crippen LogP contribution in [0.25, 0.3) is 0 Å². The lowest BCUT2D eigenvalue weighted by Gasteiger charge is -2.22. The van der Waals surface area contributed by atoms with E-state index in [4.69, 9.17) is 22.4 Å². The SMILES string of the molecule is CC(C)(Nc1ccc(C(N)=O)c(Cl)c1)C(=O)O. The molecule has 4 N–H and O–H groups in total. The second-order valence-corrected chi connectivity index (χ2v) is 4.52. The number of primary amides is 1. The quantitative estimate of drug-likeness (QED) is 0.765. The summed E-state index contributed by atoms with van der Waals surface area (Å²) in [5, 5.41) is 11.9. The average molecular weight is 257 g/mol. The van der Waals surface area contributed by atoms with Crippen molar-refractivity contribution >= 4 is 29.2 Å². The highest BCUT2D eigenvalue weighted by Crippen LogP contribution is 2.23. The monoisotopic (exact) mass is 256 g/mol. The van der Waals surface area contributed by atoms with Crippen molar-refractivity contribution in [3.63, 3.8) is 0 Å². The Bertz CT molecular complexity index is 472. The van der Waals surface area contributed by atoms with Crippen LogP contribution >= 0.6 is 11.6 Å². The molecule has 1 amide bonds. The van der Waals surface area contributed by atoms with Gasteiger partial charge in [-0.15, -0.1) is 0 Å². The molecule has 0 atom stereocenters. The third kappa shape index (κ3) is 3.10. The molecule has 5 nitrogen and oxygen atoms in total. The standard InChI is InChI=1S/C11H13ClN2O3/c1-11(2,10(16)17)14-6-3-4-7(9(13)15)8(12)5-6/h3-5,14H,1-2H3,(H2,13,15)(H,16,17). The molecule has 0 saturated carbocycles. The summed E-state index contributed by atoms with van der Waals surface area (Å²) in [6.45, 7) is 3.04. The van der Waals surface area contributed by atoms with Crippen LogP contribution in [0.3, 0.4) is 0 Å². The van der Waals surface area contributed by atoms with E-state index in [0.717, 1.165) is 0 Å². The van der Waals surface area contributed by atoms with E-state index in [-0.39, 0.29) is 10.6 Å². The maximum atomic E-state index is 10.9. The van der Waals surface area contributed by atoms with E-state index in [9.17, 15) is 9.59 Å². The lowest BCUT2D eigenvalue weighted by Crippen LogP contribution is -2.39. The summed E-state index contributed by atoms with van der Waals surface area (Å²) in [5.74, 6) is -1.62. The highest BCUT2D eigenvalue weighted by atomic mass is 35.5. The molecule has 92 valence electrons. The molecule has 0 saturated heterocycles. The topological polar surface area (TPSA) is 92.4 Å². The maximum absolute atomic E-state index is 10.9. The van der Waals surface area contributed by atoms with Crippen molar-refractivity contribution in [2.45, 2.75) is 19.4 Å². The molecule has 6 heteroatoms. The number of hydrogen-bond acceptors (Lipinski definition) is 3. The summed E-state index contributed by atoms with van der Waals surface area (Å²) in [5.41, 5.74) is 4.68. The summed E-state index contributed by atoms with van der Waals surface area (Å²) in [6, 6.07) is 4.47. The van der Waals surface area contributed by atoms with Crippen LogP contribution in [0.5, 0.6) is 0 Å². The number of nitrogens with one attached hydrogen (secondary N) is 1. The van der Waals surface area contributed by atoms with Crippen molar-refractivity contribution in [3.05, 3.63) is 28.8 Å². The third-order valence-electron chi connectivity index (χ3n) is 2.23. The highest BCUT2D eigenvalue weighted by molar-refractivity contribution is 6.34. The molecule has 1 aromatic carbocycles. The first-order valence-corrected chi connectivity index (χ1v) is 5.23. The van der Waals surface area contributed by atoms with Gasteiger partial charge in [-0.25, -0.2) is 4.79 Å². The molecule has 0 unspecified atom stereocenters. The van der Waals surface area contributed by atoms with Gasteiger partial charge in [0.25, 0.3) is 0 Å². The van der Waals surface area contributed by atoms with Gasteiger partial charge in [0.2, 0.25) is 5.91 Å². The smallest absolute Gasteiger partial charge is 0.328 e. The van der Waals surface area contributed by atoms with E-state index < -0.39 is 17.4 Å². The van der Waals surface area contributed by atoms with Gasteiger partial charge in [0.05, 0.1) is 10.6 Å². The van der Waals surface area contributed by atoms with Crippen LogP contribution in [0.4, 0.5) is 5.69 Å². The van der Waals surface area contributed by atoms with Gasteiger partial charge in [0.1, 0.15) is 5.54 Å².